The van der Waals surface area contributed by atoms with E-state index in [1.165, 1.54) is 40.3 Å². The molecule has 5 nitrogen and oxygen atoms in total. The van der Waals surface area contributed by atoms with Crippen LogP contribution in [0.4, 0.5) is 13.2 Å². The van der Waals surface area contributed by atoms with Gasteiger partial charge in [0.15, 0.2) is 0 Å². The molecule has 28 heavy (non-hydrogen) atoms. The first kappa shape index (κ1) is 18.2. The monoisotopic (exact) mass is 403 g/mol. The zero-order valence-corrected chi connectivity index (χ0v) is 15.2. The smallest absolute Gasteiger partial charge is 0.406 e. The van der Waals surface area contributed by atoms with Gasteiger partial charge in [-0.2, -0.15) is 5.10 Å². The largest absolute Gasteiger partial charge is 0.573 e. The van der Waals surface area contributed by atoms with E-state index in [2.05, 4.69) is 14.8 Å². The van der Waals surface area contributed by atoms with Crippen molar-refractivity contribution in [1.82, 2.24) is 14.8 Å². The number of nitrogens with zero attached hydrogens (tertiary/aromatic N) is 3. The Labute approximate surface area is 160 Å². The van der Waals surface area contributed by atoms with Gasteiger partial charge in [0, 0.05) is 35.9 Å². The molecule has 0 unspecified atom stereocenters. The number of benzene rings is 1. The van der Waals surface area contributed by atoms with Crippen LogP contribution in [0.15, 0.2) is 59.0 Å². The fourth-order valence-corrected chi connectivity index (χ4v) is 3.97. The molecular weight excluding hydrogens is 391 g/mol. The van der Waals surface area contributed by atoms with E-state index in [0.29, 0.717) is 21.3 Å². The molecule has 0 bridgehead atoms. The molecule has 0 aliphatic rings. The Hall–Kier alpha value is -3.20. The molecule has 0 aliphatic heterocycles. The van der Waals surface area contributed by atoms with Crippen LogP contribution in [0, 0.1) is 0 Å². The molecule has 4 aromatic rings. The molecule has 0 fully saturated rings. The van der Waals surface area contributed by atoms with Crippen LogP contribution in [-0.2, 0) is 7.05 Å². The molecule has 4 rings (SSSR count). The van der Waals surface area contributed by atoms with E-state index in [1.807, 2.05) is 17.5 Å². The predicted molar refractivity (Wildman–Crippen MR) is 100 cm³/mol. The fraction of sp³-hybridized carbons (Fsp3) is 0.105. The molecule has 0 aliphatic carbocycles. The van der Waals surface area contributed by atoms with E-state index in [0.717, 1.165) is 11.1 Å². The van der Waals surface area contributed by atoms with Gasteiger partial charge in [-0.25, -0.2) is 4.68 Å². The van der Waals surface area contributed by atoms with E-state index in [1.54, 1.807) is 19.4 Å². The van der Waals surface area contributed by atoms with E-state index in [-0.39, 0.29) is 11.3 Å². The molecule has 3 heterocycles. The van der Waals surface area contributed by atoms with Crippen molar-refractivity contribution in [3.8, 4) is 28.1 Å². The molecule has 0 amide bonds. The molecule has 142 valence electrons. The minimum atomic E-state index is -4.75. The number of aryl methyl sites for hydroxylation is 1. The minimum Gasteiger partial charge on any atom is -0.406 e. The van der Waals surface area contributed by atoms with Gasteiger partial charge >= 0.3 is 6.36 Å². The predicted octanol–water partition coefficient (Wildman–Crippen LogP) is 4.62. The molecule has 0 N–H and O–H groups in total. The molecule has 0 saturated heterocycles. The first-order valence-electron chi connectivity index (χ1n) is 8.08. The number of fused-ring (bicyclic) bond motifs is 1. The lowest BCUT2D eigenvalue weighted by Crippen LogP contribution is -2.20. The fourth-order valence-electron chi connectivity index (χ4n) is 2.89. The second kappa shape index (κ2) is 6.75. The van der Waals surface area contributed by atoms with Gasteiger partial charge in [-0.3, -0.25) is 9.78 Å². The van der Waals surface area contributed by atoms with Crippen molar-refractivity contribution >= 4 is 21.4 Å². The van der Waals surface area contributed by atoms with Crippen LogP contribution in [0.1, 0.15) is 0 Å². The van der Waals surface area contributed by atoms with Gasteiger partial charge in [0.2, 0.25) is 0 Å². The number of thiophene rings is 1. The summed E-state index contributed by atoms with van der Waals surface area (Å²) in [5.74, 6) is -0.319. The van der Waals surface area contributed by atoms with Gasteiger partial charge in [-0.15, -0.1) is 24.5 Å². The van der Waals surface area contributed by atoms with Crippen LogP contribution >= 0.6 is 11.3 Å². The van der Waals surface area contributed by atoms with Gasteiger partial charge in [0.1, 0.15) is 11.4 Å². The molecule has 0 saturated carbocycles. The summed E-state index contributed by atoms with van der Waals surface area (Å²) in [6.07, 6.45) is -1.47. The molecular formula is C19H12F3N3O2S. The third-order valence-electron chi connectivity index (χ3n) is 4.12. The van der Waals surface area contributed by atoms with Gasteiger partial charge in [0.05, 0.1) is 10.1 Å². The number of hydrogen-bond donors (Lipinski definition) is 0. The van der Waals surface area contributed by atoms with Crippen LogP contribution in [0.2, 0.25) is 0 Å². The van der Waals surface area contributed by atoms with Crippen LogP contribution < -0.4 is 10.3 Å². The third-order valence-corrected chi connectivity index (χ3v) is 5.10. The zero-order chi connectivity index (χ0) is 19.9. The van der Waals surface area contributed by atoms with E-state index in [4.69, 9.17) is 0 Å². The number of ether oxygens (including phenoxy) is 1. The maximum Gasteiger partial charge on any atom is 0.573 e. The Balaban J connectivity index is 1.86. The highest BCUT2D eigenvalue weighted by atomic mass is 32.1. The topological polar surface area (TPSA) is 57.0 Å². The Bertz CT molecular complexity index is 1200. The highest BCUT2D eigenvalue weighted by Gasteiger charge is 2.31. The number of pyridine rings is 1. The number of hydrogen-bond acceptors (Lipinski definition) is 5. The second-order valence-corrected chi connectivity index (χ2v) is 6.82. The van der Waals surface area contributed by atoms with Crippen molar-refractivity contribution in [2.24, 2.45) is 7.05 Å². The van der Waals surface area contributed by atoms with Gasteiger partial charge in [-0.05, 0) is 42.0 Å². The average Bonchev–Trinajstić information content (AvgIpc) is 3.10. The zero-order valence-electron chi connectivity index (χ0n) is 14.4. The van der Waals surface area contributed by atoms with Crippen molar-refractivity contribution < 1.29 is 17.9 Å². The maximum absolute atomic E-state index is 12.7. The van der Waals surface area contributed by atoms with Gasteiger partial charge in [-0.1, -0.05) is 0 Å². The Morgan fingerprint density at radius 1 is 1.04 bits per heavy atom. The van der Waals surface area contributed by atoms with E-state index < -0.39 is 6.36 Å². The Morgan fingerprint density at radius 3 is 2.36 bits per heavy atom. The van der Waals surface area contributed by atoms with Crippen molar-refractivity contribution in [3.05, 3.63) is 64.5 Å². The van der Waals surface area contributed by atoms with E-state index in [9.17, 15) is 18.0 Å². The first-order chi connectivity index (χ1) is 13.3. The van der Waals surface area contributed by atoms with Crippen LogP contribution in [-0.4, -0.2) is 21.1 Å². The summed E-state index contributed by atoms with van der Waals surface area (Å²) in [6.45, 7) is 0. The minimum absolute atomic E-state index is 0.246. The number of rotatable bonds is 3. The normalized spacial score (nSPS) is 11.7. The average molecular weight is 403 g/mol. The van der Waals surface area contributed by atoms with Crippen molar-refractivity contribution in [2.45, 2.75) is 6.36 Å². The van der Waals surface area contributed by atoms with E-state index >= 15 is 0 Å². The molecule has 0 spiro atoms. The quantitative estimate of drug-likeness (QED) is 0.501. The third kappa shape index (κ3) is 3.36. The highest BCUT2D eigenvalue weighted by molar-refractivity contribution is 7.18. The van der Waals surface area contributed by atoms with Gasteiger partial charge < -0.3 is 4.74 Å². The lowest BCUT2D eigenvalue weighted by Gasteiger charge is -2.10. The van der Waals surface area contributed by atoms with Crippen molar-refractivity contribution in [2.75, 3.05) is 0 Å². The molecule has 1 aromatic carbocycles. The standard InChI is InChI=1S/C19H12F3N3O2S/c1-25-18(26)15-14(11-6-8-23-9-7-11)10-28-17(15)16(24-25)12-2-4-13(5-3-12)27-19(20,21)22/h2-10H,1H3. The van der Waals surface area contributed by atoms with Gasteiger partial charge in [0.25, 0.3) is 5.56 Å². The van der Waals surface area contributed by atoms with Crippen LogP contribution in [0.5, 0.6) is 5.75 Å². The summed E-state index contributed by atoms with van der Waals surface area (Å²) in [4.78, 5) is 16.7. The number of alkyl halides is 3. The summed E-state index contributed by atoms with van der Waals surface area (Å²) in [7, 11) is 1.54. The van der Waals surface area contributed by atoms with Crippen LogP contribution in [0.25, 0.3) is 32.5 Å². The van der Waals surface area contributed by atoms with Crippen molar-refractivity contribution in [1.29, 1.82) is 0 Å². The summed E-state index contributed by atoms with van der Waals surface area (Å²) >= 11 is 1.36. The highest BCUT2D eigenvalue weighted by Crippen LogP contribution is 2.37. The summed E-state index contributed by atoms with van der Waals surface area (Å²) in [5, 5.41) is 6.70. The van der Waals surface area contributed by atoms with Crippen LogP contribution in [0.3, 0.4) is 0 Å². The molecule has 0 atom stereocenters. The SMILES string of the molecule is Cn1nc(-c2ccc(OC(F)(F)F)cc2)c2scc(-c3ccncc3)c2c1=O. The summed E-state index contributed by atoms with van der Waals surface area (Å²) < 4.78 is 42.9. The Kier molecular flexibility index (Phi) is 4.38. The lowest BCUT2D eigenvalue weighted by molar-refractivity contribution is -0.274. The number of halogens is 3. The maximum atomic E-state index is 12.7. The molecule has 9 heteroatoms. The summed E-state index contributed by atoms with van der Waals surface area (Å²) in [5.41, 5.74) is 2.47. The van der Waals surface area contributed by atoms with Crippen molar-refractivity contribution in [3.63, 3.8) is 0 Å². The summed E-state index contributed by atoms with van der Waals surface area (Å²) in [6, 6.07) is 9.03. The lowest BCUT2D eigenvalue weighted by atomic mass is 10.1. The number of aromatic nitrogens is 3. The Morgan fingerprint density at radius 2 is 1.71 bits per heavy atom. The molecule has 0 radical (unpaired) electrons. The first-order valence-corrected chi connectivity index (χ1v) is 8.96. The molecule has 3 aromatic heterocycles. The second-order valence-electron chi connectivity index (χ2n) is 5.94.